The van der Waals surface area contributed by atoms with Gasteiger partial charge in [-0.3, -0.25) is 4.79 Å². The number of halogens is 1. The molecule has 0 aromatic heterocycles. The maximum absolute atomic E-state index is 12.4. The van der Waals surface area contributed by atoms with Crippen LogP contribution < -0.4 is 11.1 Å². The highest BCUT2D eigenvalue weighted by Crippen LogP contribution is 2.27. The van der Waals surface area contributed by atoms with Crippen LogP contribution in [-0.2, 0) is 0 Å². The van der Waals surface area contributed by atoms with Crippen LogP contribution in [0.2, 0.25) is 5.02 Å². The number of aryl methyl sites for hydroxylation is 1. The van der Waals surface area contributed by atoms with Gasteiger partial charge in [0.15, 0.2) is 0 Å². The highest BCUT2D eigenvalue weighted by molar-refractivity contribution is 6.34. The fourth-order valence-corrected chi connectivity index (χ4v) is 3.19. The molecule has 1 amide bonds. The lowest BCUT2D eigenvalue weighted by Gasteiger charge is -2.30. The molecule has 0 bridgehead atoms. The molecule has 1 aliphatic carbocycles. The molecule has 1 unspecified atom stereocenters. The van der Waals surface area contributed by atoms with E-state index in [1.165, 1.54) is 19.3 Å². The van der Waals surface area contributed by atoms with Gasteiger partial charge in [0.1, 0.15) is 0 Å². The van der Waals surface area contributed by atoms with E-state index < -0.39 is 0 Å². The number of rotatable bonds is 4. The van der Waals surface area contributed by atoms with Gasteiger partial charge in [0, 0.05) is 12.6 Å². The number of nitrogens with two attached hydrogens (primary N) is 1. The summed E-state index contributed by atoms with van der Waals surface area (Å²) in [6.07, 6.45) is 6.09. The van der Waals surface area contributed by atoms with Gasteiger partial charge in [-0.05, 0) is 37.3 Å². The standard InChI is InChI=1S/C16H23ClN2O/c1-11-6-5-9-13(15(11)17)16(20)19-14(10-18)12-7-3-2-4-8-12/h5-6,9,12,14H,2-4,7-8,10,18H2,1H3,(H,19,20). The first-order valence-corrected chi connectivity index (χ1v) is 7.77. The van der Waals surface area contributed by atoms with Crippen molar-refractivity contribution < 1.29 is 4.79 Å². The Morgan fingerprint density at radius 3 is 2.75 bits per heavy atom. The molecule has 0 spiro atoms. The zero-order chi connectivity index (χ0) is 14.5. The van der Waals surface area contributed by atoms with Crippen molar-refractivity contribution in [3.05, 3.63) is 34.3 Å². The minimum atomic E-state index is -0.111. The van der Waals surface area contributed by atoms with E-state index in [2.05, 4.69) is 5.32 Å². The van der Waals surface area contributed by atoms with Gasteiger partial charge in [-0.25, -0.2) is 0 Å². The number of benzene rings is 1. The highest BCUT2D eigenvalue weighted by Gasteiger charge is 2.25. The first-order chi connectivity index (χ1) is 9.63. The molecule has 2 rings (SSSR count). The Hall–Kier alpha value is -1.06. The Morgan fingerprint density at radius 2 is 2.10 bits per heavy atom. The van der Waals surface area contributed by atoms with Crippen LogP contribution in [0.15, 0.2) is 18.2 Å². The molecule has 0 radical (unpaired) electrons. The lowest BCUT2D eigenvalue weighted by atomic mass is 9.84. The molecule has 1 atom stereocenters. The van der Waals surface area contributed by atoms with Crippen molar-refractivity contribution in [2.75, 3.05) is 6.54 Å². The van der Waals surface area contributed by atoms with E-state index in [4.69, 9.17) is 17.3 Å². The monoisotopic (exact) mass is 294 g/mol. The molecule has 3 N–H and O–H groups in total. The van der Waals surface area contributed by atoms with Crippen LogP contribution in [-0.4, -0.2) is 18.5 Å². The summed E-state index contributed by atoms with van der Waals surface area (Å²) in [5.41, 5.74) is 7.31. The second-order valence-electron chi connectivity index (χ2n) is 5.65. The molecule has 3 nitrogen and oxygen atoms in total. The molecule has 1 aromatic carbocycles. The zero-order valence-electron chi connectivity index (χ0n) is 12.0. The average molecular weight is 295 g/mol. The topological polar surface area (TPSA) is 55.1 Å². The summed E-state index contributed by atoms with van der Waals surface area (Å²) in [4.78, 5) is 12.4. The van der Waals surface area contributed by atoms with Crippen LogP contribution in [0.25, 0.3) is 0 Å². The number of nitrogens with one attached hydrogen (secondary N) is 1. The van der Waals surface area contributed by atoms with Crippen molar-refractivity contribution in [3.63, 3.8) is 0 Å². The molecule has 110 valence electrons. The van der Waals surface area contributed by atoms with Crippen molar-refractivity contribution in [3.8, 4) is 0 Å². The molecule has 4 heteroatoms. The fraction of sp³-hybridized carbons (Fsp3) is 0.562. The van der Waals surface area contributed by atoms with E-state index in [1.807, 2.05) is 19.1 Å². The predicted octanol–water partition coefficient (Wildman–Crippen LogP) is 3.29. The van der Waals surface area contributed by atoms with E-state index in [0.717, 1.165) is 18.4 Å². The molecule has 1 saturated carbocycles. The van der Waals surface area contributed by atoms with E-state index in [-0.39, 0.29) is 11.9 Å². The number of amides is 1. The third kappa shape index (κ3) is 3.53. The van der Waals surface area contributed by atoms with Crippen LogP contribution in [0, 0.1) is 12.8 Å². The third-order valence-electron chi connectivity index (χ3n) is 4.23. The first kappa shape index (κ1) is 15.3. The van der Waals surface area contributed by atoms with Crippen LogP contribution in [0.4, 0.5) is 0 Å². The fourth-order valence-electron chi connectivity index (χ4n) is 2.97. The molecule has 1 aromatic rings. The van der Waals surface area contributed by atoms with Gasteiger partial charge in [0.05, 0.1) is 10.6 Å². The average Bonchev–Trinajstić information content (AvgIpc) is 2.48. The quantitative estimate of drug-likeness (QED) is 0.895. The summed E-state index contributed by atoms with van der Waals surface area (Å²) >= 11 is 6.21. The Labute approximate surface area is 125 Å². The lowest BCUT2D eigenvalue weighted by Crippen LogP contribution is -2.46. The summed E-state index contributed by atoms with van der Waals surface area (Å²) in [6, 6.07) is 5.58. The second kappa shape index (κ2) is 7.09. The summed E-state index contributed by atoms with van der Waals surface area (Å²) in [5.74, 6) is 0.390. The first-order valence-electron chi connectivity index (χ1n) is 7.39. The second-order valence-corrected chi connectivity index (χ2v) is 6.03. The molecule has 20 heavy (non-hydrogen) atoms. The van der Waals surface area contributed by atoms with Gasteiger partial charge < -0.3 is 11.1 Å². The largest absolute Gasteiger partial charge is 0.348 e. The normalized spacial score (nSPS) is 17.8. The van der Waals surface area contributed by atoms with Crippen molar-refractivity contribution in [1.29, 1.82) is 0 Å². The predicted molar refractivity (Wildman–Crippen MR) is 83.1 cm³/mol. The van der Waals surface area contributed by atoms with E-state index in [0.29, 0.717) is 23.0 Å². The van der Waals surface area contributed by atoms with Crippen molar-refractivity contribution >= 4 is 17.5 Å². The van der Waals surface area contributed by atoms with Crippen molar-refractivity contribution in [2.45, 2.75) is 45.1 Å². The SMILES string of the molecule is Cc1cccc(C(=O)NC(CN)C2CCCCC2)c1Cl. The van der Waals surface area contributed by atoms with Gasteiger partial charge in [-0.15, -0.1) is 0 Å². The summed E-state index contributed by atoms with van der Waals surface area (Å²) in [7, 11) is 0. The minimum absolute atomic E-state index is 0.0550. The molecular formula is C16H23ClN2O. The Morgan fingerprint density at radius 1 is 1.40 bits per heavy atom. The molecule has 0 saturated heterocycles. The molecule has 0 aliphatic heterocycles. The highest BCUT2D eigenvalue weighted by atomic mass is 35.5. The third-order valence-corrected chi connectivity index (χ3v) is 4.73. The van der Waals surface area contributed by atoms with E-state index in [1.54, 1.807) is 6.07 Å². The Bertz CT molecular complexity index is 470. The molecule has 1 aliphatic rings. The summed E-state index contributed by atoms with van der Waals surface area (Å²) in [6.45, 7) is 2.39. The summed E-state index contributed by atoms with van der Waals surface area (Å²) in [5, 5.41) is 3.60. The minimum Gasteiger partial charge on any atom is -0.348 e. The zero-order valence-corrected chi connectivity index (χ0v) is 12.7. The number of carbonyl (C=O) groups is 1. The Balaban J connectivity index is 2.06. The van der Waals surface area contributed by atoms with Gasteiger partial charge >= 0.3 is 0 Å². The van der Waals surface area contributed by atoms with Crippen molar-refractivity contribution in [2.24, 2.45) is 11.7 Å². The maximum Gasteiger partial charge on any atom is 0.253 e. The number of hydrogen-bond acceptors (Lipinski definition) is 2. The van der Waals surface area contributed by atoms with Crippen LogP contribution >= 0.6 is 11.6 Å². The van der Waals surface area contributed by atoms with E-state index >= 15 is 0 Å². The molecule has 0 heterocycles. The van der Waals surface area contributed by atoms with Crippen LogP contribution in [0.3, 0.4) is 0 Å². The van der Waals surface area contributed by atoms with Gasteiger partial charge in [0.25, 0.3) is 5.91 Å². The molecule has 1 fully saturated rings. The maximum atomic E-state index is 12.4. The lowest BCUT2D eigenvalue weighted by molar-refractivity contribution is 0.0915. The van der Waals surface area contributed by atoms with Crippen LogP contribution in [0.1, 0.15) is 48.0 Å². The number of hydrogen-bond donors (Lipinski definition) is 2. The van der Waals surface area contributed by atoms with Gasteiger partial charge in [-0.2, -0.15) is 0 Å². The van der Waals surface area contributed by atoms with Crippen molar-refractivity contribution in [1.82, 2.24) is 5.32 Å². The summed E-state index contributed by atoms with van der Waals surface area (Å²) < 4.78 is 0. The smallest absolute Gasteiger partial charge is 0.253 e. The Kier molecular flexibility index (Phi) is 5.44. The molecular weight excluding hydrogens is 272 g/mol. The van der Waals surface area contributed by atoms with Gasteiger partial charge in [-0.1, -0.05) is 43.0 Å². The van der Waals surface area contributed by atoms with E-state index in [9.17, 15) is 4.79 Å². The van der Waals surface area contributed by atoms with Gasteiger partial charge in [0.2, 0.25) is 0 Å². The number of carbonyl (C=O) groups excluding carboxylic acids is 1. The van der Waals surface area contributed by atoms with Crippen LogP contribution in [0.5, 0.6) is 0 Å².